The standard InChI is InChI=1S/C15H24N2O/c1-11(2)12-5-6-14(18-4)13(9-12)17(3)10-15(16)7-8-15/h5-6,9,11H,7-8,10,16H2,1-4H3. The Labute approximate surface area is 110 Å². The first-order valence-electron chi connectivity index (χ1n) is 6.63. The molecule has 0 radical (unpaired) electrons. The van der Waals surface area contributed by atoms with E-state index in [9.17, 15) is 0 Å². The maximum atomic E-state index is 6.19. The van der Waals surface area contributed by atoms with Crippen molar-refractivity contribution >= 4 is 5.69 Å². The summed E-state index contributed by atoms with van der Waals surface area (Å²) in [5.41, 5.74) is 8.69. The Balaban J connectivity index is 2.25. The highest BCUT2D eigenvalue weighted by Gasteiger charge is 2.39. The smallest absolute Gasteiger partial charge is 0.142 e. The van der Waals surface area contributed by atoms with Crippen molar-refractivity contribution in [2.45, 2.75) is 38.1 Å². The predicted molar refractivity (Wildman–Crippen MR) is 76.5 cm³/mol. The van der Waals surface area contributed by atoms with Crippen LogP contribution < -0.4 is 15.4 Å². The Morgan fingerprint density at radius 3 is 2.56 bits per heavy atom. The molecule has 0 aromatic heterocycles. The number of rotatable bonds is 5. The van der Waals surface area contributed by atoms with E-state index < -0.39 is 0 Å². The van der Waals surface area contributed by atoms with Crippen LogP contribution in [0.3, 0.4) is 0 Å². The summed E-state index contributed by atoms with van der Waals surface area (Å²) in [7, 11) is 3.81. The number of benzene rings is 1. The zero-order valence-corrected chi connectivity index (χ0v) is 11.9. The third kappa shape index (κ3) is 2.78. The molecule has 0 bridgehead atoms. The van der Waals surface area contributed by atoms with Gasteiger partial charge in [0.05, 0.1) is 12.8 Å². The van der Waals surface area contributed by atoms with Crippen molar-refractivity contribution < 1.29 is 4.74 Å². The minimum atomic E-state index is 0.0214. The lowest BCUT2D eigenvalue weighted by atomic mass is 10.0. The number of nitrogens with two attached hydrogens (primary N) is 1. The van der Waals surface area contributed by atoms with Gasteiger partial charge in [-0.05, 0) is 36.5 Å². The van der Waals surface area contributed by atoms with Crippen molar-refractivity contribution in [3.8, 4) is 5.75 Å². The minimum Gasteiger partial charge on any atom is -0.495 e. The molecule has 1 fully saturated rings. The second-order valence-corrected chi connectivity index (χ2v) is 5.80. The number of nitrogens with zero attached hydrogens (tertiary/aromatic N) is 1. The molecule has 18 heavy (non-hydrogen) atoms. The van der Waals surface area contributed by atoms with Gasteiger partial charge in [0.25, 0.3) is 0 Å². The molecule has 2 rings (SSSR count). The summed E-state index contributed by atoms with van der Waals surface area (Å²) in [5, 5.41) is 0. The molecule has 0 saturated heterocycles. The Morgan fingerprint density at radius 1 is 1.39 bits per heavy atom. The van der Waals surface area contributed by atoms with E-state index in [1.807, 2.05) is 0 Å². The van der Waals surface area contributed by atoms with Gasteiger partial charge in [-0.2, -0.15) is 0 Å². The van der Waals surface area contributed by atoms with Crippen molar-refractivity contribution in [1.82, 2.24) is 0 Å². The molecule has 1 aliphatic carbocycles. The number of methoxy groups -OCH3 is 1. The van der Waals surface area contributed by atoms with Crippen molar-refractivity contribution in [2.75, 3.05) is 25.6 Å². The van der Waals surface area contributed by atoms with Crippen LogP contribution in [0.2, 0.25) is 0 Å². The van der Waals surface area contributed by atoms with Crippen LogP contribution in [0.15, 0.2) is 18.2 Å². The zero-order chi connectivity index (χ0) is 13.3. The molecule has 100 valence electrons. The van der Waals surface area contributed by atoms with E-state index in [1.54, 1.807) is 7.11 Å². The molecule has 1 saturated carbocycles. The third-order valence-electron chi connectivity index (χ3n) is 3.73. The summed E-state index contributed by atoms with van der Waals surface area (Å²) in [4.78, 5) is 2.22. The molecule has 3 nitrogen and oxygen atoms in total. The van der Waals surface area contributed by atoms with Gasteiger partial charge < -0.3 is 15.4 Å². The van der Waals surface area contributed by atoms with Gasteiger partial charge in [0.1, 0.15) is 5.75 Å². The summed E-state index contributed by atoms with van der Waals surface area (Å²) < 4.78 is 5.45. The van der Waals surface area contributed by atoms with Crippen LogP contribution >= 0.6 is 0 Å². The fourth-order valence-corrected chi connectivity index (χ4v) is 2.24. The Hall–Kier alpha value is -1.22. The van der Waals surface area contributed by atoms with Gasteiger partial charge in [0, 0.05) is 19.1 Å². The highest BCUT2D eigenvalue weighted by Crippen LogP contribution is 2.37. The van der Waals surface area contributed by atoms with Crippen molar-refractivity contribution in [2.24, 2.45) is 5.73 Å². The van der Waals surface area contributed by atoms with Gasteiger partial charge in [0.15, 0.2) is 0 Å². The van der Waals surface area contributed by atoms with Gasteiger partial charge in [0.2, 0.25) is 0 Å². The molecule has 0 atom stereocenters. The first kappa shape index (κ1) is 13.2. The van der Waals surface area contributed by atoms with Crippen LogP contribution in [0.4, 0.5) is 5.69 Å². The number of ether oxygens (including phenoxy) is 1. The molecule has 3 heteroatoms. The molecule has 0 unspecified atom stereocenters. The molecule has 0 amide bonds. The molecular formula is C15H24N2O. The van der Waals surface area contributed by atoms with E-state index in [4.69, 9.17) is 10.5 Å². The summed E-state index contributed by atoms with van der Waals surface area (Å²) in [6.07, 6.45) is 2.26. The molecule has 0 spiro atoms. The van der Waals surface area contributed by atoms with Gasteiger partial charge in [-0.15, -0.1) is 0 Å². The monoisotopic (exact) mass is 248 g/mol. The van der Waals surface area contributed by atoms with E-state index in [2.05, 4.69) is 44.0 Å². The van der Waals surface area contributed by atoms with Crippen LogP contribution in [-0.2, 0) is 0 Å². The first-order chi connectivity index (χ1) is 8.45. The average Bonchev–Trinajstić information content (AvgIpc) is 3.05. The van der Waals surface area contributed by atoms with Gasteiger partial charge >= 0.3 is 0 Å². The van der Waals surface area contributed by atoms with E-state index in [0.29, 0.717) is 5.92 Å². The summed E-state index contributed by atoms with van der Waals surface area (Å²) in [5.74, 6) is 1.45. The molecule has 1 aromatic rings. The van der Waals surface area contributed by atoms with E-state index in [-0.39, 0.29) is 5.54 Å². The van der Waals surface area contributed by atoms with Crippen molar-refractivity contribution in [3.63, 3.8) is 0 Å². The number of hydrogen-bond donors (Lipinski definition) is 1. The van der Waals surface area contributed by atoms with E-state index >= 15 is 0 Å². The molecular weight excluding hydrogens is 224 g/mol. The third-order valence-corrected chi connectivity index (χ3v) is 3.73. The lowest BCUT2D eigenvalue weighted by Gasteiger charge is -2.26. The summed E-state index contributed by atoms with van der Waals surface area (Å²) in [6.45, 7) is 5.30. The van der Waals surface area contributed by atoms with Crippen molar-refractivity contribution in [3.05, 3.63) is 23.8 Å². The second kappa shape index (κ2) is 4.81. The fourth-order valence-electron chi connectivity index (χ4n) is 2.24. The molecule has 1 aromatic carbocycles. The van der Waals surface area contributed by atoms with E-state index in [0.717, 1.165) is 30.8 Å². The SMILES string of the molecule is COc1ccc(C(C)C)cc1N(C)CC1(N)CC1. The van der Waals surface area contributed by atoms with Gasteiger partial charge in [-0.25, -0.2) is 0 Å². The molecule has 0 aliphatic heterocycles. The maximum Gasteiger partial charge on any atom is 0.142 e. The van der Waals surface area contributed by atoms with Crippen LogP contribution in [0.1, 0.15) is 38.2 Å². The predicted octanol–water partition coefficient (Wildman–Crippen LogP) is 2.75. The first-order valence-corrected chi connectivity index (χ1v) is 6.63. The van der Waals surface area contributed by atoms with E-state index in [1.165, 1.54) is 5.56 Å². The quantitative estimate of drug-likeness (QED) is 0.870. The van der Waals surface area contributed by atoms with Gasteiger partial charge in [-0.3, -0.25) is 0 Å². The molecule has 0 heterocycles. The highest BCUT2D eigenvalue weighted by molar-refractivity contribution is 5.60. The van der Waals surface area contributed by atoms with Crippen molar-refractivity contribution in [1.29, 1.82) is 0 Å². The van der Waals surface area contributed by atoms with Crippen LogP contribution in [0, 0.1) is 0 Å². The Morgan fingerprint density at radius 2 is 2.06 bits per heavy atom. The minimum absolute atomic E-state index is 0.0214. The Kier molecular flexibility index (Phi) is 3.53. The van der Waals surface area contributed by atoms with Gasteiger partial charge in [-0.1, -0.05) is 19.9 Å². The average molecular weight is 248 g/mol. The largest absolute Gasteiger partial charge is 0.495 e. The topological polar surface area (TPSA) is 38.5 Å². The molecule has 1 aliphatic rings. The fraction of sp³-hybridized carbons (Fsp3) is 0.600. The van der Waals surface area contributed by atoms with Crippen LogP contribution in [0.5, 0.6) is 5.75 Å². The molecule has 2 N–H and O–H groups in total. The zero-order valence-electron chi connectivity index (χ0n) is 11.9. The summed E-state index contributed by atoms with van der Waals surface area (Å²) in [6, 6.07) is 6.41. The normalized spacial score (nSPS) is 16.8. The lowest BCUT2D eigenvalue weighted by molar-refractivity contribution is 0.414. The number of hydrogen-bond acceptors (Lipinski definition) is 3. The number of likely N-dealkylation sites (N-methyl/N-ethyl adjacent to an activating group) is 1. The summed E-state index contributed by atoms with van der Waals surface area (Å²) >= 11 is 0. The lowest BCUT2D eigenvalue weighted by Crippen LogP contribution is -2.37. The number of anilines is 1. The Bertz CT molecular complexity index is 425. The highest BCUT2D eigenvalue weighted by atomic mass is 16.5. The second-order valence-electron chi connectivity index (χ2n) is 5.80. The van der Waals surface area contributed by atoms with Crippen LogP contribution in [-0.4, -0.2) is 26.2 Å². The maximum absolute atomic E-state index is 6.19. The van der Waals surface area contributed by atoms with Crippen LogP contribution in [0.25, 0.3) is 0 Å².